The van der Waals surface area contributed by atoms with Gasteiger partial charge in [0.2, 0.25) is 5.91 Å². The maximum atomic E-state index is 12.0. The third-order valence-electron chi connectivity index (χ3n) is 3.71. The molecule has 0 aliphatic heterocycles. The first-order chi connectivity index (χ1) is 10.0. The molecule has 8 heteroatoms. The zero-order chi connectivity index (χ0) is 15.0. The SMILES string of the molecule is O=C(Cn1nc2ccccn2c1=O)NCC1(C(=O)O)CC1. The van der Waals surface area contributed by atoms with Gasteiger partial charge in [-0.25, -0.2) is 9.48 Å². The molecule has 110 valence electrons. The van der Waals surface area contributed by atoms with Crippen LogP contribution in [0.5, 0.6) is 0 Å². The predicted octanol–water partition coefficient (Wildman–Crippen LogP) is -0.523. The second-order valence-electron chi connectivity index (χ2n) is 5.23. The topological polar surface area (TPSA) is 106 Å². The van der Waals surface area contributed by atoms with Gasteiger partial charge in [0, 0.05) is 12.7 Å². The normalized spacial score (nSPS) is 15.8. The van der Waals surface area contributed by atoms with Crippen molar-refractivity contribution in [2.24, 2.45) is 5.41 Å². The number of carboxylic acids is 1. The van der Waals surface area contributed by atoms with Crippen LogP contribution in [0.3, 0.4) is 0 Å². The predicted molar refractivity (Wildman–Crippen MR) is 71.8 cm³/mol. The summed E-state index contributed by atoms with van der Waals surface area (Å²) in [5.74, 6) is -1.32. The van der Waals surface area contributed by atoms with E-state index in [0.29, 0.717) is 18.5 Å². The third kappa shape index (κ3) is 2.39. The first-order valence-corrected chi connectivity index (χ1v) is 6.56. The molecule has 1 fully saturated rings. The molecule has 1 aliphatic carbocycles. The lowest BCUT2D eigenvalue weighted by Gasteiger charge is -2.10. The molecule has 1 saturated carbocycles. The minimum absolute atomic E-state index is 0.0866. The monoisotopic (exact) mass is 290 g/mol. The minimum atomic E-state index is -0.896. The zero-order valence-corrected chi connectivity index (χ0v) is 11.2. The van der Waals surface area contributed by atoms with Gasteiger partial charge in [0.1, 0.15) is 6.54 Å². The second-order valence-corrected chi connectivity index (χ2v) is 5.23. The standard InChI is InChI=1S/C13H14N4O4/c18-10(14-8-13(4-5-13)11(19)20)7-17-12(21)16-6-2-1-3-9(16)15-17/h1-3,6H,4-5,7-8H2,(H,14,18)(H,19,20). The molecule has 1 amide bonds. The second kappa shape index (κ2) is 4.72. The lowest BCUT2D eigenvalue weighted by molar-refractivity contribution is -0.143. The molecule has 0 saturated heterocycles. The number of rotatable bonds is 5. The van der Waals surface area contributed by atoms with Gasteiger partial charge < -0.3 is 10.4 Å². The van der Waals surface area contributed by atoms with Gasteiger partial charge in [0.25, 0.3) is 0 Å². The Morgan fingerprint density at radius 2 is 2.14 bits per heavy atom. The summed E-state index contributed by atoms with van der Waals surface area (Å²) in [6, 6.07) is 5.11. The molecule has 0 unspecified atom stereocenters. The highest BCUT2D eigenvalue weighted by Crippen LogP contribution is 2.45. The fourth-order valence-electron chi connectivity index (χ4n) is 2.15. The van der Waals surface area contributed by atoms with Crippen molar-refractivity contribution >= 4 is 17.5 Å². The average Bonchev–Trinajstić information content (AvgIpc) is 3.20. The highest BCUT2D eigenvalue weighted by atomic mass is 16.4. The van der Waals surface area contributed by atoms with Crippen LogP contribution in [0.15, 0.2) is 29.2 Å². The molecule has 0 aromatic carbocycles. The molecule has 2 N–H and O–H groups in total. The van der Waals surface area contributed by atoms with Crippen LogP contribution in [0.2, 0.25) is 0 Å². The molecule has 0 atom stereocenters. The summed E-state index contributed by atoms with van der Waals surface area (Å²) in [5, 5.41) is 15.6. The molecular weight excluding hydrogens is 276 g/mol. The number of carboxylic acid groups (broad SMARTS) is 1. The highest BCUT2D eigenvalue weighted by Gasteiger charge is 2.50. The number of aliphatic carboxylic acids is 1. The summed E-state index contributed by atoms with van der Waals surface area (Å²) in [5.41, 5.74) is -0.765. The number of pyridine rings is 1. The molecule has 8 nitrogen and oxygen atoms in total. The third-order valence-corrected chi connectivity index (χ3v) is 3.71. The van der Waals surface area contributed by atoms with Gasteiger partial charge in [-0.15, -0.1) is 5.10 Å². The maximum Gasteiger partial charge on any atom is 0.350 e. The van der Waals surface area contributed by atoms with E-state index < -0.39 is 23.0 Å². The van der Waals surface area contributed by atoms with E-state index in [0.717, 1.165) is 4.68 Å². The van der Waals surface area contributed by atoms with Crippen molar-refractivity contribution in [3.8, 4) is 0 Å². The first-order valence-electron chi connectivity index (χ1n) is 6.56. The Balaban J connectivity index is 1.68. The summed E-state index contributed by atoms with van der Waals surface area (Å²) in [6.45, 7) is -0.139. The van der Waals surface area contributed by atoms with Gasteiger partial charge >= 0.3 is 11.7 Å². The molecule has 2 aromatic rings. The van der Waals surface area contributed by atoms with E-state index in [1.54, 1.807) is 24.4 Å². The van der Waals surface area contributed by atoms with Crippen LogP contribution in [0.1, 0.15) is 12.8 Å². The zero-order valence-electron chi connectivity index (χ0n) is 11.2. The lowest BCUT2D eigenvalue weighted by atomic mass is 10.1. The summed E-state index contributed by atoms with van der Waals surface area (Å²) in [4.78, 5) is 34.8. The maximum absolute atomic E-state index is 12.0. The number of carbonyl (C=O) groups is 2. The molecule has 1 aliphatic rings. The van der Waals surface area contributed by atoms with Crippen molar-refractivity contribution in [1.29, 1.82) is 0 Å². The number of hydrogen-bond donors (Lipinski definition) is 2. The van der Waals surface area contributed by atoms with Crippen molar-refractivity contribution < 1.29 is 14.7 Å². The van der Waals surface area contributed by atoms with Crippen LogP contribution in [0.4, 0.5) is 0 Å². The number of aromatic nitrogens is 3. The fraction of sp³-hybridized carbons (Fsp3) is 0.385. The van der Waals surface area contributed by atoms with E-state index in [1.165, 1.54) is 4.40 Å². The Morgan fingerprint density at radius 1 is 1.38 bits per heavy atom. The summed E-state index contributed by atoms with van der Waals surface area (Å²) in [6.07, 6.45) is 2.70. The van der Waals surface area contributed by atoms with Crippen LogP contribution < -0.4 is 11.0 Å². The largest absolute Gasteiger partial charge is 0.481 e. The Morgan fingerprint density at radius 3 is 2.76 bits per heavy atom. The Kier molecular flexibility index (Phi) is 3.00. The number of carbonyl (C=O) groups excluding carboxylic acids is 1. The van der Waals surface area contributed by atoms with Crippen molar-refractivity contribution in [3.05, 3.63) is 34.9 Å². The smallest absolute Gasteiger partial charge is 0.350 e. The molecule has 2 heterocycles. The van der Waals surface area contributed by atoms with Crippen molar-refractivity contribution in [3.63, 3.8) is 0 Å². The fourth-order valence-corrected chi connectivity index (χ4v) is 2.15. The van der Waals surface area contributed by atoms with Gasteiger partial charge in [-0.3, -0.25) is 14.0 Å². The van der Waals surface area contributed by atoms with Crippen molar-refractivity contribution in [2.75, 3.05) is 6.54 Å². The van der Waals surface area contributed by atoms with E-state index in [1.807, 2.05) is 0 Å². The summed E-state index contributed by atoms with van der Waals surface area (Å²) < 4.78 is 2.40. The van der Waals surface area contributed by atoms with E-state index in [4.69, 9.17) is 5.11 Å². The van der Waals surface area contributed by atoms with Crippen LogP contribution in [-0.2, 0) is 16.1 Å². The van der Waals surface area contributed by atoms with Gasteiger partial charge in [0.05, 0.1) is 5.41 Å². The average molecular weight is 290 g/mol. The molecule has 21 heavy (non-hydrogen) atoms. The van der Waals surface area contributed by atoms with Crippen molar-refractivity contribution in [2.45, 2.75) is 19.4 Å². The summed E-state index contributed by atoms with van der Waals surface area (Å²) >= 11 is 0. The van der Waals surface area contributed by atoms with Crippen LogP contribution in [-0.4, -0.2) is 37.7 Å². The molecule has 0 radical (unpaired) electrons. The number of hydrogen-bond acceptors (Lipinski definition) is 4. The van der Waals surface area contributed by atoms with E-state index >= 15 is 0 Å². The number of amides is 1. The molecular formula is C13H14N4O4. The molecule has 2 aromatic heterocycles. The Bertz CT molecular complexity index is 772. The van der Waals surface area contributed by atoms with Crippen molar-refractivity contribution in [1.82, 2.24) is 19.5 Å². The van der Waals surface area contributed by atoms with Crippen LogP contribution in [0.25, 0.3) is 5.65 Å². The quantitative estimate of drug-likeness (QED) is 0.770. The van der Waals surface area contributed by atoms with E-state index in [2.05, 4.69) is 10.4 Å². The van der Waals surface area contributed by atoms with E-state index in [-0.39, 0.29) is 13.1 Å². The van der Waals surface area contributed by atoms with Gasteiger partial charge in [-0.05, 0) is 25.0 Å². The Labute approximate surface area is 119 Å². The van der Waals surface area contributed by atoms with Crippen LogP contribution >= 0.6 is 0 Å². The minimum Gasteiger partial charge on any atom is -0.481 e. The Hall–Kier alpha value is -2.64. The summed E-state index contributed by atoms with van der Waals surface area (Å²) in [7, 11) is 0. The molecule has 0 bridgehead atoms. The number of nitrogens with one attached hydrogen (secondary N) is 1. The first kappa shape index (κ1) is 13.3. The molecule has 3 rings (SSSR count). The number of fused-ring (bicyclic) bond motifs is 1. The lowest BCUT2D eigenvalue weighted by Crippen LogP contribution is -2.38. The molecule has 0 spiro atoms. The van der Waals surface area contributed by atoms with Gasteiger partial charge in [0.15, 0.2) is 5.65 Å². The van der Waals surface area contributed by atoms with Crippen LogP contribution in [0, 0.1) is 5.41 Å². The van der Waals surface area contributed by atoms with E-state index in [9.17, 15) is 14.4 Å². The van der Waals surface area contributed by atoms with Gasteiger partial charge in [-0.1, -0.05) is 6.07 Å². The highest BCUT2D eigenvalue weighted by molar-refractivity contribution is 5.80. The number of nitrogens with zero attached hydrogens (tertiary/aromatic N) is 3. The van der Waals surface area contributed by atoms with Gasteiger partial charge in [-0.2, -0.15) is 0 Å².